The van der Waals surface area contributed by atoms with Crippen molar-refractivity contribution >= 4 is 17.7 Å². The van der Waals surface area contributed by atoms with Crippen LogP contribution in [-0.4, -0.2) is 36.7 Å². The van der Waals surface area contributed by atoms with Crippen molar-refractivity contribution in [3.63, 3.8) is 0 Å². The lowest BCUT2D eigenvalue weighted by Gasteiger charge is -2.15. The number of hydrogen-bond donors (Lipinski definition) is 3. The minimum atomic E-state index is -0.275. The quantitative estimate of drug-likeness (QED) is 0.305. The van der Waals surface area contributed by atoms with Crippen LogP contribution in [0.1, 0.15) is 13.3 Å². The molecule has 0 rings (SSSR count). The second-order valence-corrected chi connectivity index (χ2v) is 4.19. The van der Waals surface area contributed by atoms with E-state index in [1.54, 1.807) is 7.11 Å². The largest absolute Gasteiger partial charge is 0.383 e. The maximum Gasteiger partial charge on any atom is 0.249 e. The zero-order valence-electron chi connectivity index (χ0n) is 8.66. The third-order valence-corrected chi connectivity index (χ3v) is 3.16. The molecule has 0 bridgehead atoms. The second kappa shape index (κ2) is 8.05. The highest BCUT2D eigenvalue weighted by atomic mass is 32.2. The van der Waals surface area contributed by atoms with Crippen molar-refractivity contribution in [1.82, 2.24) is 5.43 Å². The first-order valence-electron chi connectivity index (χ1n) is 4.52. The Morgan fingerprint density at radius 1 is 1.64 bits per heavy atom. The summed E-state index contributed by atoms with van der Waals surface area (Å²) in [6, 6.07) is 0.116. The number of rotatable bonds is 7. The SMILES string of the molecule is CCC(N)CSC(COC)C(=O)NN. The van der Waals surface area contributed by atoms with E-state index in [0.29, 0.717) is 6.61 Å². The highest BCUT2D eigenvalue weighted by Gasteiger charge is 2.18. The van der Waals surface area contributed by atoms with E-state index in [0.717, 1.165) is 12.2 Å². The molecule has 14 heavy (non-hydrogen) atoms. The fourth-order valence-electron chi connectivity index (χ4n) is 0.801. The van der Waals surface area contributed by atoms with Gasteiger partial charge in [-0.15, -0.1) is 11.8 Å². The predicted octanol–water partition coefficient (Wildman–Crippen LogP) is -0.538. The lowest BCUT2D eigenvalue weighted by atomic mass is 10.3. The van der Waals surface area contributed by atoms with Crippen LogP contribution in [0.4, 0.5) is 0 Å². The summed E-state index contributed by atoms with van der Waals surface area (Å²) in [5.74, 6) is 5.55. The van der Waals surface area contributed by atoms with E-state index >= 15 is 0 Å². The van der Waals surface area contributed by atoms with Crippen LogP contribution in [0.25, 0.3) is 0 Å². The van der Waals surface area contributed by atoms with Gasteiger partial charge in [0.05, 0.1) is 6.61 Å². The number of carbonyl (C=O) groups is 1. The van der Waals surface area contributed by atoms with Crippen molar-refractivity contribution in [3.05, 3.63) is 0 Å². The smallest absolute Gasteiger partial charge is 0.249 e. The third-order valence-electron chi connectivity index (χ3n) is 1.79. The van der Waals surface area contributed by atoms with Crippen molar-refractivity contribution in [2.45, 2.75) is 24.6 Å². The monoisotopic (exact) mass is 221 g/mol. The van der Waals surface area contributed by atoms with E-state index in [-0.39, 0.29) is 17.2 Å². The molecule has 0 radical (unpaired) electrons. The second-order valence-electron chi connectivity index (χ2n) is 2.95. The van der Waals surface area contributed by atoms with Gasteiger partial charge in [-0.05, 0) is 6.42 Å². The molecule has 0 saturated carbocycles. The molecule has 0 saturated heterocycles. The first-order valence-corrected chi connectivity index (χ1v) is 5.57. The molecule has 0 aromatic heterocycles. The van der Waals surface area contributed by atoms with Crippen molar-refractivity contribution in [1.29, 1.82) is 0 Å². The summed E-state index contributed by atoms with van der Waals surface area (Å²) in [4.78, 5) is 11.2. The van der Waals surface area contributed by atoms with E-state index in [1.165, 1.54) is 11.8 Å². The molecule has 0 heterocycles. The van der Waals surface area contributed by atoms with E-state index in [2.05, 4.69) is 5.43 Å². The van der Waals surface area contributed by atoms with Gasteiger partial charge < -0.3 is 10.5 Å². The number of hydrazine groups is 1. The van der Waals surface area contributed by atoms with Gasteiger partial charge >= 0.3 is 0 Å². The van der Waals surface area contributed by atoms with Gasteiger partial charge in [-0.25, -0.2) is 5.84 Å². The van der Waals surface area contributed by atoms with Crippen LogP contribution in [0, 0.1) is 0 Å². The molecule has 6 heteroatoms. The zero-order valence-corrected chi connectivity index (χ0v) is 9.47. The molecule has 5 nitrogen and oxygen atoms in total. The lowest BCUT2D eigenvalue weighted by Crippen LogP contribution is -2.40. The van der Waals surface area contributed by atoms with Gasteiger partial charge in [0.1, 0.15) is 5.25 Å². The summed E-state index contributed by atoms with van der Waals surface area (Å²) >= 11 is 1.47. The highest BCUT2D eigenvalue weighted by molar-refractivity contribution is 8.00. The average molecular weight is 221 g/mol. The van der Waals surface area contributed by atoms with Gasteiger partial charge in [0.25, 0.3) is 0 Å². The summed E-state index contributed by atoms with van der Waals surface area (Å²) in [6.45, 7) is 2.36. The molecule has 0 fully saturated rings. The number of hydrogen-bond acceptors (Lipinski definition) is 5. The summed E-state index contributed by atoms with van der Waals surface area (Å²) in [7, 11) is 1.55. The van der Waals surface area contributed by atoms with Crippen LogP contribution < -0.4 is 17.0 Å². The average Bonchev–Trinajstić information content (AvgIpc) is 2.22. The zero-order chi connectivity index (χ0) is 11.0. The fourth-order valence-corrected chi connectivity index (χ4v) is 1.97. The van der Waals surface area contributed by atoms with Gasteiger partial charge in [0.15, 0.2) is 0 Å². The van der Waals surface area contributed by atoms with Gasteiger partial charge in [0, 0.05) is 18.9 Å². The Morgan fingerprint density at radius 3 is 2.71 bits per heavy atom. The van der Waals surface area contributed by atoms with Gasteiger partial charge in [0.2, 0.25) is 5.91 Å². The summed E-state index contributed by atoms with van der Waals surface area (Å²) in [6.07, 6.45) is 0.900. The summed E-state index contributed by atoms with van der Waals surface area (Å²) < 4.78 is 4.91. The van der Waals surface area contributed by atoms with E-state index in [4.69, 9.17) is 16.3 Å². The van der Waals surface area contributed by atoms with Crippen LogP contribution >= 0.6 is 11.8 Å². The van der Waals surface area contributed by atoms with Crippen LogP contribution in [0.5, 0.6) is 0 Å². The normalized spacial score (nSPS) is 14.9. The Labute approximate surface area is 88.9 Å². The molecule has 84 valence electrons. The standard InChI is InChI=1S/C8H19N3O2S/c1-3-6(9)5-14-7(4-13-2)8(12)11-10/h6-7H,3-5,9-10H2,1-2H3,(H,11,12). The van der Waals surface area contributed by atoms with Gasteiger partial charge in [-0.1, -0.05) is 6.92 Å². The molecule has 2 unspecified atom stereocenters. The van der Waals surface area contributed by atoms with Crippen LogP contribution in [0.2, 0.25) is 0 Å². The van der Waals surface area contributed by atoms with Crippen molar-refractivity contribution in [2.24, 2.45) is 11.6 Å². The Bertz CT molecular complexity index is 169. The van der Waals surface area contributed by atoms with Crippen molar-refractivity contribution in [2.75, 3.05) is 19.5 Å². The molecule has 2 atom stereocenters. The number of thioether (sulfide) groups is 1. The number of carbonyl (C=O) groups excluding carboxylic acids is 1. The number of nitrogens with one attached hydrogen (secondary N) is 1. The van der Waals surface area contributed by atoms with Crippen LogP contribution in [0.15, 0.2) is 0 Å². The number of methoxy groups -OCH3 is 1. The van der Waals surface area contributed by atoms with E-state index in [9.17, 15) is 4.79 Å². The minimum Gasteiger partial charge on any atom is -0.383 e. The van der Waals surface area contributed by atoms with Crippen molar-refractivity contribution < 1.29 is 9.53 Å². The molecular weight excluding hydrogens is 202 g/mol. The molecule has 0 aliphatic carbocycles. The molecule has 0 spiro atoms. The first kappa shape index (κ1) is 13.7. The van der Waals surface area contributed by atoms with Crippen LogP contribution in [0.3, 0.4) is 0 Å². The Kier molecular flexibility index (Phi) is 7.87. The number of ether oxygens (including phenoxy) is 1. The molecule has 1 amide bonds. The van der Waals surface area contributed by atoms with Crippen LogP contribution in [-0.2, 0) is 9.53 Å². The summed E-state index contributed by atoms with van der Waals surface area (Å²) in [5, 5.41) is -0.275. The maximum atomic E-state index is 11.2. The molecule has 0 aromatic rings. The lowest BCUT2D eigenvalue weighted by molar-refractivity contribution is -0.121. The van der Waals surface area contributed by atoms with Gasteiger partial charge in [-0.2, -0.15) is 0 Å². The Hall–Kier alpha value is -0.300. The van der Waals surface area contributed by atoms with Crippen molar-refractivity contribution in [3.8, 4) is 0 Å². The van der Waals surface area contributed by atoms with E-state index in [1.807, 2.05) is 6.92 Å². The highest BCUT2D eigenvalue weighted by Crippen LogP contribution is 2.13. The topological polar surface area (TPSA) is 90.4 Å². The van der Waals surface area contributed by atoms with E-state index < -0.39 is 0 Å². The number of amides is 1. The predicted molar refractivity (Wildman–Crippen MR) is 58.7 cm³/mol. The molecule has 5 N–H and O–H groups in total. The molecule has 0 aliphatic heterocycles. The first-order chi connectivity index (χ1) is 6.65. The molecule has 0 aliphatic rings. The Balaban J connectivity index is 3.90. The Morgan fingerprint density at radius 2 is 2.29 bits per heavy atom. The fraction of sp³-hybridized carbons (Fsp3) is 0.875. The van der Waals surface area contributed by atoms with Gasteiger partial charge in [-0.3, -0.25) is 10.2 Å². The molecule has 0 aromatic carbocycles. The number of nitrogens with two attached hydrogens (primary N) is 2. The third kappa shape index (κ3) is 5.43. The summed E-state index contributed by atoms with van der Waals surface area (Å²) in [5.41, 5.74) is 7.85. The molecular formula is C8H19N3O2S. The minimum absolute atomic E-state index is 0.116. The maximum absolute atomic E-state index is 11.2.